The van der Waals surface area contributed by atoms with E-state index in [9.17, 15) is 8.78 Å². The number of aromatic nitrogens is 2. The molecule has 1 fully saturated rings. The van der Waals surface area contributed by atoms with Gasteiger partial charge in [-0.25, -0.2) is 18.7 Å². The zero-order valence-electron chi connectivity index (χ0n) is 14.1. The van der Waals surface area contributed by atoms with E-state index in [2.05, 4.69) is 20.2 Å². The summed E-state index contributed by atoms with van der Waals surface area (Å²) >= 11 is 0. The summed E-state index contributed by atoms with van der Waals surface area (Å²) in [6, 6.07) is 14.9. The van der Waals surface area contributed by atoms with E-state index in [4.69, 9.17) is 0 Å². The van der Waals surface area contributed by atoms with Gasteiger partial charge in [-0.05, 0) is 25.0 Å². The lowest BCUT2D eigenvalue weighted by atomic mass is 10.2. The molecule has 0 saturated carbocycles. The van der Waals surface area contributed by atoms with Gasteiger partial charge in [-0.2, -0.15) is 0 Å². The molecule has 0 amide bonds. The third-order valence-electron chi connectivity index (χ3n) is 4.37. The lowest BCUT2D eigenvalue weighted by Crippen LogP contribution is -2.19. The van der Waals surface area contributed by atoms with Crippen LogP contribution in [0.3, 0.4) is 0 Å². The Morgan fingerprint density at radius 1 is 0.885 bits per heavy atom. The fourth-order valence-electron chi connectivity index (χ4n) is 3.05. The molecule has 3 aromatic rings. The SMILES string of the molecule is Fc1ccc(Nc2cc(N3CCCC3)nc(-c3ccccc3)n2)c(F)c1. The first-order chi connectivity index (χ1) is 12.7. The molecule has 0 spiro atoms. The van der Waals surface area contributed by atoms with Gasteiger partial charge in [0.2, 0.25) is 0 Å². The predicted molar refractivity (Wildman–Crippen MR) is 98.6 cm³/mol. The minimum atomic E-state index is -0.660. The first-order valence-corrected chi connectivity index (χ1v) is 8.60. The molecule has 26 heavy (non-hydrogen) atoms. The van der Waals surface area contributed by atoms with Crippen LogP contribution in [0, 0.1) is 11.6 Å². The summed E-state index contributed by atoms with van der Waals surface area (Å²) in [6.45, 7) is 1.88. The maximum atomic E-state index is 14.0. The first-order valence-electron chi connectivity index (χ1n) is 8.60. The van der Waals surface area contributed by atoms with Crippen molar-refractivity contribution in [1.82, 2.24) is 9.97 Å². The smallest absolute Gasteiger partial charge is 0.163 e. The third kappa shape index (κ3) is 3.49. The summed E-state index contributed by atoms with van der Waals surface area (Å²) in [6.07, 6.45) is 2.25. The maximum absolute atomic E-state index is 14.0. The van der Waals surface area contributed by atoms with E-state index in [0.29, 0.717) is 11.6 Å². The number of benzene rings is 2. The molecule has 1 aliphatic heterocycles. The van der Waals surface area contributed by atoms with Crippen LogP contribution in [-0.4, -0.2) is 23.1 Å². The van der Waals surface area contributed by atoms with Crippen LogP contribution in [0.2, 0.25) is 0 Å². The molecule has 1 aromatic heterocycles. The van der Waals surface area contributed by atoms with Crippen molar-refractivity contribution in [2.24, 2.45) is 0 Å². The Bertz CT molecular complexity index is 909. The van der Waals surface area contributed by atoms with Crippen LogP contribution in [0.15, 0.2) is 54.6 Å². The van der Waals surface area contributed by atoms with E-state index in [1.165, 1.54) is 12.1 Å². The van der Waals surface area contributed by atoms with Gasteiger partial charge < -0.3 is 10.2 Å². The highest BCUT2D eigenvalue weighted by Crippen LogP contribution is 2.27. The molecule has 0 aliphatic carbocycles. The fourth-order valence-corrected chi connectivity index (χ4v) is 3.05. The molecule has 6 heteroatoms. The highest BCUT2D eigenvalue weighted by atomic mass is 19.1. The van der Waals surface area contributed by atoms with Crippen molar-refractivity contribution >= 4 is 17.3 Å². The van der Waals surface area contributed by atoms with E-state index in [1.807, 2.05) is 30.3 Å². The number of halogens is 2. The second-order valence-electron chi connectivity index (χ2n) is 6.24. The van der Waals surface area contributed by atoms with Gasteiger partial charge >= 0.3 is 0 Å². The molecule has 0 radical (unpaired) electrons. The van der Waals surface area contributed by atoms with Crippen molar-refractivity contribution in [3.63, 3.8) is 0 Å². The van der Waals surface area contributed by atoms with Crippen LogP contribution in [-0.2, 0) is 0 Å². The molecule has 0 bridgehead atoms. The molecule has 1 N–H and O–H groups in total. The Morgan fingerprint density at radius 2 is 1.65 bits per heavy atom. The lowest BCUT2D eigenvalue weighted by molar-refractivity contribution is 0.586. The van der Waals surface area contributed by atoms with E-state index in [1.54, 1.807) is 6.07 Å². The van der Waals surface area contributed by atoms with Gasteiger partial charge in [0.1, 0.15) is 23.3 Å². The fraction of sp³-hybridized carbons (Fsp3) is 0.200. The zero-order valence-corrected chi connectivity index (χ0v) is 14.1. The topological polar surface area (TPSA) is 41.0 Å². The average molecular weight is 352 g/mol. The molecule has 2 aromatic carbocycles. The van der Waals surface area contributed by atoms with Crippen LogP contribution in [0.4, 0.5) is 26.1 Å². The number of hydrogen-bond donors (Lipinski definition) is 1. The molecule has 4 rings (SSSR count). The van der Waals surface area contributed by atoms with Crippen molar-refractivity contribution in [2.75, 3.05) is 23.3 Å². The molecular weight excluding hydrogens is 334 g/mol. The maximum Gasteiger partial charge on any atom is 0.163 e. The van der Waals surface area contributed by atoms with Gasteiger partial charge in [-0.1, -0.05) is 30.3 Å². The lowest BCUT2D eigenvalue weighted by Gasteiger charge is -2.18. The molecular formula is C20H18F2N4. The third-order valence-corrected chi connectivity index (χ3v) is 4.37. The Balaban J connectivity index is 1.74. The Kier molecular flexibility index (Phi) is 4.48. The minimum absolute atomic E-state index is 0.177. The molecule has 4 nitrogen and oxygen atoms in total. The largest absolute Gasteiger partial charge is 0.356 e. The number of hydrogen-bond acceptors (Lipinski definition) is 4. The van der Waals surface area contributed by atoms with Crippen molar-refractivity contribution in [2.45, 2.75) is 12.8 Å². The molecule has 1 saturated heterocycles. The van der Waals surface area contributed by atoms with Gasteiger partial charge in [0, 0.05) is 30.8 Å². The van der Waals surface area contributed by atoms with E-state index >= 15 is 0 Å². The Morgan fingerprint density at radius 3 is 2.38 bits per heavy atom. The number of nitrogens with zero attached hydrogens (tertiary/aromatic N) is 3. The molecule has 2 heterocycles. The summed E-state index contributed by atoms with van der Waals surface area (Å²) in [5, 5.41) is 2.95. The van der Waals surface area contributed by atoms with E-state index in [0.717, 1.165) is 43.4 Å². The van der Waals surface area contributed by atoms with Crippen LogP contribution >= 0.6 is 0 Å². The van der Waals surface area contributed by atoms with Crippen LogP contribution in [0.5, 0.6) is 0 Å². The Labute approximate surface area is 150 Å². The molecule has 1 aliphatic rings. The van der Waals surface area contributed by atoms with Gasteiger partial charge in [-0.15, -0.1) is 0 Å². The first kappa shape index (κ1) is 16.4. The van der Waals surface area contributed by atoms with Crippen molar-refractivity contribution in [3.05, 3.63) is 66.2 Å². The Hall–Kier alpha value is -3.02. The molecule has 0 atom stereocenters. The van der Waals surface area contributed by atoms with Gasteiger partial charge in [0.25, 0.3) is 0 Å². The minimum Gasteiger partial charge on any atom is -0.356 e. The van der Waals surface area contributed by atoms with Crippen LogP contribution < -0.4 is 10.2 Å². The summed E-state index contributed by atoms with van der Waals surface area (Å²) in [5.41, 5.74) is 1.06. The average Bonchev–Trinajstić information content (AvgIpc) is 3.19. The standard InChI is InChI=1S/C20H18F2N4/c21-15-8-9-17(16(22)12-15)23-18-13-19(26-10-4-5-11-26)25-20(24-18)14-6-2-1-3-7-14/h1-3,6-9,12-13H,4-5,10-11H2,(H,23,24,25). The monoisotopic (exact) mass is 352 g/mol. The van der Waals surface area contributed by atoms with Crippen molar-refractivity contribution in [3.8, 4) is 11.4 Å². The number of nitrogens with one attached hydrogen (secondary N) is 1. The van der Waals surface area contributed by atoms with E-state index < -0.39 is 11.6 Å². The summed E-state index contributed by atoms with van der Waals surface area (Å²) in [5.74, 6) is 0.582. The number of anilines is 3. The normalized spacial score (nSPS) is 13.8. The second-order valence-corrected chi connectivity index (χ2v) is 6.24. The van der Waals surface area contributed by atoms with Crippen molar-refractivity contribution in [1.29, 1.82) is 0 Å². The molecule has 132 valence electrons. The van der Waals surface area contributed by atoms with Gasteiger partial charge in [-0.3, -0.25) is 0 Å². The predicted octanol–water partition coefficient (Wildman–Crippen LogP) is 4.77. The zero-order chi connectivity index (χ0) is 17.9. The quantitative estimate of drug-likeness (QED) is 0.735. The van der Waals surface area contributed by atoms with Gasteiger partial charge in [0.05, 0.1) is 5.69 Å². The highest BCUT2D eigenvalue weighted by Gasteiger charge is 2.17. The van der Waals surface area contributed by atoms with Gasteiger partial charge in [0.15, 0.2) is 5.82 Å². The second kappa shape index (κ2) is 7.07. The summed E-state index contributed by atoms with van der Waals surface area (Å²) in [7, 11) is 0. The molecule has 0 unspecified atom stereocenters. The van der Waals surface area contributed by atoms with Crippen molar-refractivity contribution < 1.29 is 8.78 Å². The van der Waals surface area contributed by atoms with Crippen LogP contribution in [0.25, 0.3) is 11.4 Å². The summed E-state index contributed by atoms with van der Waals surface area (Å²) < 4.78 is 27.1. The highest BCUT2D eigenvalue weighted by molar-refractivity contribution is 5.66. The summed E-state index contributed by atoms with van der Waals surface area (Å²) in [4.78, 5) is 11.4. The van der Waals surface area contributed by atoms with Crippen LogP contribution in [0.1, 0.15) is 12.8 Å². The van der Waals surface area contributed by atoms with E-state index in [-0.39, 0.29) is 5.69 Å². The number of rotatable bonds is 4.